The topological polar surface area (TPSA) is 114 Å². The second-order valence-corrected chi connectivity index (χ2v) is 11.9. The lowest BCUT2D eigenvalue weighted by molar-refractivity contribution is 0.0973. The van der Waals surface area contributed by atoms with Gasteiger partial charge in [0.05, 0.1) is 24.0 Å². The first-order chi connectivity index (χ1) is 19.3. The second-order valence-electron chi connectivity index (χ2n) is 10.1. The average molecular weight is 567 g/mol. The average Bonchev–Trinajstić information content (AvgIpc) is 3.21. The van der Waals surface area contributed by atoms with E-state index in [2.05, 4.69) is 10.0 Å². The lowest BCUT2D eigenvalue weighted by Gasteiger charge is -2.20. The minimum Gasteiger partial charge on any atom is -0.492 e. The molecule has 3 aromatic rings. The van der Waals surface area contributed by atoms with Gasteiger partial charge in [-0.25, -0.2) is 13.1 Å². The highest BCUT2D eigenvalue weighted by Gasteiger charge is 2.21. The highest BCUT2D eigenvalue weighted by atomic mass is 32.2. The van der Waals surface area contributed by atoms with Gasteiger partial charge in [0.1, 0.15) is 18.1 Å². The molecular formula is C31H38N2O6S. The van der Waals surface area contributed by atoms with E-state index in [1.165, 1.54) is 12.8 Å². The number of aliphatic hydroxyl groups is 1. The molecule has 0 spiro atoms. The van der Waals surface area contributed by atoms with Gasteiger partial charge in [0.25, 0.3) is 5.91 Å². The number of rotatable bonds is 12. The Morgan fingerprint density at radius 1 is 0.950 bits per heavy atom. The molecule has 1 atom stereocenters. The van der Waals surface area contributed by atoms with Gasteiger partial charge in [-0.15, -0.1) is 0 Å². The third-order valence-electron chi connectivity index (χ3n) is 6.86. The zero-order chi connectivity index (χ0) is 28.4. The van der Waals surface area contributed by atoms with Crippen LogP contribution in [0.5, 0.6) is 11.5 Å². The van der Waals surface area contributed by atoms with Crippen LogP contribution in [0.15, 0.2) is 72.8 Å². The lowest BCUT2D eigenvalue weighted by Crippen LogP contribution is -2.30. The van der Waals surface area contributed by atoms with E-state index in [1.807, 2.05) is 54.6 Å². The molecule has 9 heteroatoms. The minimum absolute atomic E-state index is 0.0132. The molecule has 0 aliphatic heterocycles. The molecule has 0 bridgehead atoms. The molecule has 3 N–H and O–H groups in total. The zero-order valence-electron chi connectivity index (χ0n) is 22.8. The van der Waals surface area contributed by atoms with Gasteiger partial charge < -0.3 is 19.9 Å². The zero-order valence-corrected chi connectivity index (χ0v) is 23.7. The summed E-state index contributed by atoms with van der Waals surface area (Å²) in [6.45, 7) is 1.48. The van der Waals surface area contributed by atoms with Crippen molar-refractivity contribution >= 4 is 15.9 Å². The van der Waals surface area contributed by atoms with Gasteiger partial charge >= 0.3 is 0 Å². The number of ether oxygens (including phenoxy) is 2. The lowest BCUT2D eigenvalue weighted by atomic mass is 10.0. The van der Waals surface area contributed by atoms with Crippen LogP contribution in [-0.2, 0) is 10.0 Å². The van der Waals surface area contributed by atoms with Crippen LogP contribution in [0, 0.1) is 0 Å². The Morgan fingerprint density at radius 2 is 1.62 bits per heavy atom. The molecular weight excluding hydrogens is 528 g/mol. The molecule has 0 radical (unpaired) electrons. The van der Waals surface area contributed by atoms with E-state index >= 15 is 0 Å². The van der Waals surface area contributed by atoms with Crippen LogP contribution < -0.4 is 19.5 Å². The summed E-state index contributed by atoms with van der Waals surface area (Å²) in [6.07, 6.45) is 6.66. The highest BCUT2D eigenvalue weighted by molar-refractivity contribution is 7.89. The Hall–Kier alpha value is -3.40. The summed E-state index contributed by atoms with van der Waals surface area (Å²) >= 11 is 0. The molecule has 0 aromatic heterocycles. The summed E-state index contributed by atoms with van der Waals surface area (Å²) < 4.78 is 37.6. The van der Waals surface area contributed by atoms with Gasteiger partial charge in [0, 0.05) is 13.1 Å². The van der Waals surface area contributed by atoms with Crippen molar-refractivity contribution in [3.63, 3.8) is 0 Å². The first-order valence-corrected chi connectivity index (χ1v) is 15.7. The normalized spacial score (nSPS) is 15.2. The summed E-state index contributed by atoms with van der Waals surface area (Å²) in [5.41, 5.74) is 2.83. The molecule has 4 rings (SSSR count). The summed E-state index contributed by atoms with van der Waals surface area (Å²) in [7, 11) is -3.71. The largest absolute Gasteiger partial charge is 0.492 e. The second kappa shape index (κ2) is 14.3. The number of aliphatic hydroxyl groups excluding tert-OH is 1. The van der Waals surface area contributed by atoms with E-state index in [4.69, 9.17) is 9.47 Å². The number of carbonyl (C=O) groups excluding carboxylic acids is 1. The van der Waals surface area contributed by atoms with Crippen molar-refractivity contribution < 1.29 is 27.8 Å². The molecule has 40 heavy (non-hydrogen) atoms. The molecule has 214 valence electrons. The first-order valence-electron chi connectivity index (χ1n) is 13.8. The SMILES string of the molecule is CS(=O)(=O)NC(=O)c1ccc(-c2ccc(OCCNC[C@H](O)c3ccccc3)cc2)cc1OC1CCCCCC1. The van der Waals surface area contributed by atoms with E-state index in [-0.39, 0.29) is 11.7 Å². The number of nitrogens with one attached hydrogen (secondary N) is 2. The van der Waals surface area contributed by atoms with E-state index in [0.29, 0.717) is 31.2 Å². The van der Waals surface area contributed by atoms with E-state index in [0.717, 1.165) is 48.6 Å². The number of carbonyl (C=O) groups is 1. The molecule has 8 nitrogen and oxygen atoms in total. The maximum absolute atomic E-state index is 12.7. The van der Waals surface area contributed by atoms with Crippen LogP contribution in [-0.4, -0.2) is 51.5 Å². The van der Waals surface area contributed by atoms with Crippen LogP contribution in [0.3, 0.4) is 0 Å². The van der Waals surface area contributed by atoms with Crippen LogP contribution >= 0.6 is 0 Å². The molecule has 1 aliphatic rings. The van der Waals surface area contributed by atoms with Gasteiger partial charge in [-0.2, -0.15) is 0 Å². The van der Waals surface area contributed by atoms with Crippen molar-refractivity contribution in [2.75, 3.05) is 26.0 Å². The Morgan fingerprint density at radius 3 is 2.30 bits per heavy atom. The van der Waals surface area contributed by atoms with Gasteiger partial charge in [-0.1, -0.05) is 61.4 Å². The Balaban J connectivity index is 1.38. The third kappa shape index (κ3) is 9.08. The van der Waals surface area contributed by atoms with Crippen molar-refractivity contribution in [3.8, 4) is 22.6 Å². The predicted molar refractivity (Wildman–Crippen MR) is 156 cm³/mol. The van der Waals surface area contributed by atoms with Gasteiger partial charge in [-0.05, 0) is 66.6 Å². The Bertz CT molecular complexity index is 1340. The van der Waals surface area contributed by atoms with Crippen molar-refractivity contribution in [2.24, 2.45) is 0 Å². The summed E-state index contributed by atoms with van der Waals surface area (Å²) in [4.78, 5) is 12.7. The van der Waals surface area contributed by atoms with Crippen LogP contribution in [0.1, 0.15) is 60.6 Å². The maximum Gasteiger partial charge on any atom is 0.268 e. The van der Waals surface area contributed by atoms with Crippen molar-refractivity contribution in [1.29, 1.82) is 0 Å². The van der Waals surface area contributed by atoms with E-state index < -0.39 is 22.0 Å². The molecule has 1 amide bonds. The maximum atomic E-state index is 12.7. The number of amides is 1. The fourth-order valence-electron chi connectivity index (χ4n) is 4.77. The van der Waals surface area contributed by atoms with Crippen molar-refractivity contribution in [3.05, 3.63) is 83.9 Å². The van der Waals surface area contributed by atoms with Crippen molar-refractivity contribution in [1.82, 2.24) is 10.0 Å². The molecule has 0 unspecified atom stereocenters. The fraction of sp³-hybridized carbons (Fsp3) is 0.387. The number of hydrogen-bond donors (Lipinski definition) is 3. The molecule has 1 aliphatic carbocycles. The van der Waals surface area contributed by atoms with Gasteiger partial charge in [0.2, 0.25) is 10.0 Å². The monoisotopic (exact) mass is 566 g/mol. The van der Waals surface area contributed by atoms with Crippen LogP contribution in [0.25, 0.3) is 11.1 Å². The summed E-state index contributed by atoms with van der Waals surface area (Å²) in [6, 6.07) is 22.4. The number of hydrogen-bond acceptors (Lipinski definition) is 7. The third-order valence-corrected chi connectivity index (χ3v) is 7.41. The highest BCUT2D eigenvalue weighted by Crippen LogP contribution is 2.31. The quantitative estimate of drug-likeness (QED) is 0.212. The Labute approximate surface area is 236 Å². The van der Waals surface area contributed by atoms with E-state index in [1.54, 1.807) is 18.2 Å². The first kappa shape index (κ1) is 29.6. The predicted octanol–water partition coefficient (Wildman–Crippen LogP) is 4.85. The van der Waals surface area contributed by atoms with Gasteiger partial charge in [-0.3, -0.25) is 4.79 Å². The van der Waals surface area contributed by atoms with Crippen LogP contribution in [0.4, 0.5) is 0 Å². The van der Waals surface area contributed by atoms with Crippen molar-refractivity contribution in [2.45, 2.75) is 50.7 Å². The number of sulfonamides is 1. The molecule has 1 saturated carbocycles. The van der Waals surface area contributed by atoms with E-state index in [9.17, 15) is 18.3 Å². The smallest absolute Gasteiger partial charge is 0.268 e. The Kier molecular flexibility index (Phi) is 10.6. The summed E-state index contributed by atoms with van der Waals surface area (Å²) in [5.74, 6) is 0.397. The molecule has 0 saturated heterocycles. The standard InChI is InChI=1S/C31H38N2O6S/c1-40(36,37)33-31(35)28-18-15-25(21-30(28)39-27-11-7-2-3-8-12-27)23-13-16-26(17-14-23)38-20-19-32-22-29(34)24-9-5-4-6-10-24/h4-6,9-10,13-18,21,27,29,32,34H,2-3,7-8,11-12,19-20,22H2,1H3,(H,33,35)/t29-/m0/s1. The minimum atomic E-state index is -3.71. The molecule has 1 fully saturated rings. The summed E-state index contributed by atoms with van der Waals surface area (Å²) in [5, 5.41) is 13.4. The molecule has 3 aromatic carbocycles. The fourth-order valence-corrected chi connectivity index (χ4v) is 5.21. The number of benzene rings is 3. The molecule has 0 heterocycles. The van der Waals surface area contributed by atoms with Gasteiger partial charge in [0.15, 0.2) is 0 Å². The van der Waals surface area contributed by atoms with Crippen LogP contribution in [0.2, 0.25) is 0 Å².